The monoisotopic (exact) mass is 803 g/mol. The van der Waals surface area contributed by atoms with Crippen molar-refractivity contribution in [2.45, 2.75) is 49.1 Å². The number of alkyl halides is 1. The Hall–Kier alpha value is -3.24. The summed E-state index contributed by atoms with van der Waals surface area (Å²) in [4.78, 5) is 86.4. The fraction of sp³-hybridized carbons (Fsp3) is 0.524. The van der Waals surface area contributed by atoms with Crippen molar-refractivity contribution in [2.24, 2.45) is 7.05 Å². The molecule has 0 spiro atoms. The van der Waals surface area contributed by atoms with E-state index in [1.54, 1.807) is 0 Å². The average Bonchev–Trinajstić information content (AvgIpc) is 3.74. The number of hydrogen-bond acceptors (Lipinski definition) is 22. The number of nitrogen functional groups attached to an aromatic ring is 2. The molecule has 2 aliphatic rings. The number of phosphoric ester groups is 2. The van der Waals surface area contributed by atoms with Crippen molar-refractivity contribution >= 4 is 58.4 Å². The molecule has 0 amide bonds. The first-order valence-corrected chi connectivity index (χ1v) is 18.7. The highest BCUT2D eigenvalue weighted by Gasteiger charge is 2.52. The lowest BCUT2D eigenvalue weighted by molar-refractivity contribution is -0.744. The van der Waals surface area contributed by atoms with Crippen LogP contribution in [0.2, 0.25) is 0 Å². The molecule has 27 nitrogen and oxygen atoms in total. The molecule has 0 aliphatic carbocycles. The number of nitrogens with one attached hydrogen (secondary N) is 1. The molecule has 6 heterocycles. The molecule has 10 N–H and O–H groups in total. The van der Waals surface area contributed by atoms with Gasteiger partial charge in [-0.3, -0.25) is 23.4 Å². The summed E-state index contributed by atoms with van der Waals surface area (Å²) in [6.45, 7) is -2.33. The number of fused-ring (bicyclic) bond motifs is 2. The molecule has 0 radical (unpaired) electrons. The van der Waals surface area contributed by atoms with E-state index in [1.807, 2.05) is 0 Å². The number of imidazole rings is 2. The van der Waals surface area contributed by atoms with Crippen molar-refractivity contribution in [3.05, 3.63) is 23.0 Å². The van der Waals surface area contributed by atoms with Gasteiger partial charge in [0.1, 0.15) is 42.6 Å². The first-order valence-electron chi connectivity index (χ1n) is 14.3. The van der Waals surface area contributed by atoms with Gasteiger partial charge in [-0.2, -0.15) is 14.4 Å². The predicted molar refractivity (Wildman–Crippen MR) is 156 cm³/mol. The normalized spacial score (nSPS) is 29.2. The highest BCUT2D eigenvalue weighted by Crippen LogP contribution is 2.69. The summed E-state index contributed by atoms with van der Waals surface area (Å²) in [6, 6.07) is 0. The van der Waals surface area contributed by atoms with Crippen LogP contribution in [0.5, 0.6) is 5.88 Å². The molecule has 2 saturated heterocycles. The maximum absolute atomic E-state index is 15.1. The molecule has 0 bridgehead atoms. The molecule has 52 heavy (non-hydrogen) atoms. The highest BCUT2D eigenvalue weighted by molar-refractivity contribution is 7.70. The van der Waals surface area contributed by atoms with Crippen LogP contribution in [-0.2, 0) is 38.8 Å². The average molecular weight is 803 g/mol. The number of H-pyrrole nitrogens is 1. The molecule has 0 aromatic carbocycles. The molecular formula is C21H27FN10O17P3-. The maximum Gasteiger partial charge on any atom is 0.508 e. The number of aryl methyl sites for hydroxylation is 1. The van der Waals surface area contributed by atoms with E-state index in [1.165, 1.54) is 17.9 Å². The summed E-state index contributed by atoms with van der Waals surface area (Å²) in [7, 11) is -16.4. The number of aliphatic hydroxyl groups excluding tert-OH is 3. The first-order chi connectivity index (χ1) is 24.2. The van der Waals surface area contributed by atoms with Crippen LogP contribution in [0.25, 0.3) is 22.3 Å². The molecule has 2 aliphatic heterocycles. The molecule has 10 atom stereocenters. The van der Waals surface area contributed by atoms with Crippen LogP contribution in [0.15, 0.2) is 17.4 Å². The van der Waals surface area contributed by atoms with Gasteiger partial charge in [-0.15, -0.1) is 4.31 Å². The Labute approximate surface area is 287 Å². The van der Waals surface area contributed by atoms with Crippen molar-refractivity contribution in [1.82, 2.24) is 34.1 Å². The first kappa shape index (κ1) is 38.5. The summed E-state index contributed by atoms with van der Waals surface area (Å²) in [5.74, 6) is -1.63. The van der Waals surface area contributed by atoms with Gasteiger partial charge in [-0.1, -0.05) is 4.98 Å². The Bertz CT molecular complexity index is 2090. The van der Waals surface area contributed by atoms with Crippen LogP contribution in [-0.4, -0.2) is 109 Å². The largest absolute Gasteiger partial charge is 0.857 e. The number of aromatic nitrogens is 8. The SMILES string of the molecule is Cn1c[n+]([C@@H]2O[C@H](CO[P+]([O-])(O)O[P+]([O-])([O-])OP(=O)(O)OC[C@H]3O[C@@H](n4cnc5c([O-])nc(N)nc54)[C@H](O)[C@@H]3O)[C@@H](O)[C@H]2F)c2nc(N)[nH]c(=O)c21. The van der Waals surface area contributed by atoms with Crippen LogP contribution >= 0.6 is 24.2 Å². The number of hydrogen-bond donors (Lipinski definition) is 8. The second kappa shape index (κ2) is 13.9. The number of halogens is 1. The van der Waals surface area contributed by atoms with E-state index < -0.39 is 104 Å². The molecule has 4 aromatic heterocycles. The highest BCUT2D eigenvalue weighted by atomic mass is 31.3. The minimum atomic E-state index is -6.28. The van der Waals surface area contributed by atoms with Gasteiger partial charge >= 0.3 is 21.6 Å². The summed E-state index contributed by atoms with van der Waals surface area (Å²) >= 11 is 0. The Balaban J connectivity index is 1.04. The number of nitrogens with zero attached hydrogens (tertiary/aromatic N) is 7. The zero-order valence-corrected chi connectivity index (χ0v) is 28.5. The molecule has 4 aromatic rings. The quantitative estimate of drug-likeness (QED) is 0.0487. The van der Waals surface area contributed by atoms with Crippen molar-refractivity contribution in [1.29, 1.82) is 0 Å². The van der Waals surface area contributed by atoms with Gasteiger partial charge in [-0.25, -0.2) is 23.5 Å². The number of ether oxygens (including phenoxy) is 2. The minimum absolute atomic E-state index is 0.0536. The summed E-state index contributed by atoms with van der Waals surface area (Å²) in [5, 5.41) is 43.2. The molecule has 6 rings (SSSR count). The maximum atomic E-state index is 15.1. The minimum Gasteiger partial charge on any atom is -0.857 e. The third kappa shape index (κ3) is 7.57. The number of aliphatic hydroxyl groups is 3. The van der Waals surface area contributed by atoms with Gasteiger partial charge in [0.2, 0.25) is 17.7 Å². The fourth-order valence-corrected chi connectivity index (χ4v) is 8.82. The van der Waals surface area contributed by atoms with Gasteiger partial charge in [0, 0.05) is 5.88 Å². The smallest absolute Gasteiger partial charge is 0.508 e. The number of anilines is 2. The van der Waals surface area contributed by atoms with E-state index in [-0.39, 0.29) is 28.3 Å². The van der Waals surface area contributed by atoms with Crippen molar-refractivity contribution in [2.75, 3.05) is 24.7 Å². The van der Waals surface area contributed by atoms with E-state index in [9.17, 15) is 54.3 Å². The van der Waals surface area contributed by atoms with Crippen molar-refractivity contribution < 1.29 is 85.6 Å². The van der Waals surface area contributed by atoms with Crippen LogP contribution in [0.1, 0.15) is 12.5 Å². The zero-order valence-electron chi connectivity index (χ0n) is 25.8. The lowest BCUT2D eigenvalue weighted by Gasteiger charge is -2.32. The Morgan fingerprint density at radius 2 is 1.81 bits per heavy atom. The lowest BCUT2D eigenvalue weighted by atomic mass is 10.1. The van der Waals surface area contributed by atoms with E-state index in [0.29, 0.717) is 0 Å². The van der Waals surface area contributed by atoms with Gasteiger partial charge < -0.3 is 60.9 Å². The van der Waals surface area contributed by atoms with Crippen molar-refractivity contribution in [3.63, 3.8) is 0 Å². The van der Waals surface area contributed by atoms with Crippen LogP contribution in [0.3, 0.4) is 0 Å². The lowest BCUT2D eigenvalue weighted by Crippen LogP contribution is -2.44. The second-order valence-corrected chi connectivity index (χ2v) is 15.7. The number of phosphoric acid groups is 3. The van der Waals surface area contributed by atoms with Gasteiger partial charge in [0.25, 0.3) is 19.7 Å². The third-order valence-corrected chi connectivity index (χ3v) is 11.8. The Morgan fingerprint density at radius 1 is 1.12 bits per heavy atom. The molecule has 2 fully saturated rings. The van der Waals surface area contributed by atoms with Crippen LogP contribution < -0.4 is 41.4 Å². The topological polar surface area (TPSA) is 416 Å². The summed E-state index contributed by atoms with van der Waals surface area (Å²) in [6.07, 6.45) is -12.4. The zero-order chi connectivity index (χ0) is 38.1. The Kier molecular flexibility index (Phi) is 10.3. The molecule has 31 heteroatoms. The van der Waals surface area contributed by atoms with Gasteiger partial charge in [0.05, 0.1) is 20.0 Å². The standard InChI is InChI=1S/C21H28FN10O17P3/c1-30-5-32(15-10(30)17(37)29-21(24)27-15)18-8(22)11(33)6(46-18)2-44-50(38,39)48-52(42,43)49-51(40,41)45-3-7-12(34)13(35)19(47-7)31-4-25-9-14(31)26-20(23)28-16(9)36/h4-8,11-13,18-19,33-35H,2-3H2,1H3,(H8-,23,24,26,27,28,29,36,37,38,39,40,41,42,43)/p-1/t6-,7-,8-,11-,12-,13-,18-,19-/m1/s1. The second-order valence-electron chi connectivity index (χ2n) is 11.2. The summed E-state index contributed by atoms with van der Waals surface area (Å²) in [5.41, 5.74) is 9.68. The van der Waals surface area contributed by atoms with Gasteiger partial charge in [-0.05, 0) is 4.31 Å². The van der Waals surface area contributed by atoms with Crippen LogP contribution in [0.4, 0.5) is 16.3 Å². The third-order valence-electron chi connectivity index (χ3n) is 7.59. The predicted octanol–water partition coefficient (Wildman–Crippen LogP) is -6.56. The van der Waals surface area contributed by atoms with Crippen molar-refractivity contribution in [3.8, 4) is 5.88 Å². The Morgan fingerprint density at radius 3 is 2.52 bits per heavy atom. The van der Waals surface area contributed by atoms with E-state index >= 15 is 4.39 Å². The number of nitrogens with two attached hydrogens (primary N) is 2. The number of rotatable bonds is 12. The van der Waals surface area contributed by atoms with E-state index in [4.69, 9.17) is 20.9 Å². The van der Waals surface area contributed by atoms with Gasteiger partial charge in [0.15, 0.2) is 24.4 Å². The number of aromatic amines is 1. The fourth-order valence-electron chi connectivity index (χ4n) is 5.36. The molecule has 2 unspecified atom stereocenters. The van der Waals surface area contributed by atoms with E-state index in [2.05, 4.69) is 42.6 Å². The molecular weight excluding hydrogens is 776 g/mol. The summed E-state index contributed by atoms with van der Waals surface area (Å²) < 4.78 is 58.4. The molecule has 286 valence electrons. The van der Waals surface area contributed by atoms with Crippen LogP contribution in [0, 0.1) is 0 Å². The molecule has 0 saturated carbocycles. The van der Waals surface area contributed by atoms with E-state index in [0.717, 1.165) is 15.5 Å².